The molecule has 2 saturated heterocycles. The highest BCUT2D eigenvalue weighted by Gasteiger charge is 2.32. The SMILES string of the molecule is Cc1cc(-c2ccnc3sc(CCCCN4CCC(c5ccc(NC6CCC(=O)NC6=O)cc5)CC4)cc23)ccc1CNC(=O)C1=NC(C(C)(C)C)ON1. The third-order valence-electron chi connectivity index (χ3n) is 10.7. The van der Waals surface area contributed by atoms with E-state index in [1.165, 1.54) is 27.8 Å². The molecule has 2 aromatic heterocycles. The van der Waals surface area contributed by atoms with Crippen molar-refractivity contribution in [2.45, 2.75) is 97.4 Å². The molecule has 3 aliphatic rings. The van der Waals surface area contributed by atoms with Crippen molar-refractivity contribution >= 4 is 50.8 Å². The van der Waals surface area contributed by atoms with Gasteiger partial charge >= 0.3 is 0 Å². The Balaban J connectivity index is 0.860. The molecule has 12 heteroatoms. The summed E-state index contributed by atoms with van der Waals surface area (Å²) in [5.41, 5.74) is 9.23. The molecular formula is C42H51N7O4S. The molecule has 5 heterocycles. The van der Waals surface area contributed by atoms with Crippen molar-refractivity contribution in [2.24, 2.45) is 10.4 Å². The van der Waals surface area contributed by atoms with Crippen molar-refractivity contribution in [3.8, 4) is 11.1 Å². The third kappa shape index (κ3) is 8.99. The van der Waals surface area contributed by atoms with Crippen LogP contribution < -0.4 is 21.4 Å². The lowest BCUT2D eigenvalue weighted by atomic mass is 9.89. The van der Waals surface area contributed by atoms with Crippen LogP contribution in [0, 0.1) is 12.3 Å². The number of unbranched alkanes of at least 4 members (excludes halogenated alkanes) is 1. The first-order valence-corrected chi connectivity index (χ1v) is 20.0. The fourth-order valence-corrected chi connectivity index (χ4v) is 8.51. The molecule has 2 unspecified atom stereocenters. The number of fused-ring (bicyclic) bond motifs is 1. The molecular weight excluding hydrogens is 699 g/mol. The summed E-state index contributed by atoms with van der Waals surface area (Å²) in [5.74, 6) is 0.0454. The van der Waals surface area contributed by atoms with Gasteiger partial charge in [0.15, 0.2) is 6.23 Å². The number of nitrogens with zero attached hydrogens (tertiary/aromatic N) is 3. The minimum absolute atomic E-state index is 0.195. The zero-order valence-electron chi connectivity index (χ0n) is 31.7. The maximum absolute atomic E-state index is 12.7. The van der Waals surface area contributed by atoms with Gasteiger partial charge in [0.05, 0.1) is 0 Å². The summed E-state index contributed by atoms with van der Waals surface area (Å²) in [6.07, 6.45) is 8.08. The summed E-state index contributed by atoms with van der Waals surface area (Å²) in [4.78, 5) is 55.9. The molecule has 284 valence electrons. The van der Waals surface area contributed by atoms with Crippen LogP contribution in [0.1, 0.15) is 86.8 Å². The molecule has 0 radical (unpaired) electrons. The molecule has 0 spiro atoms. The number of hydrogen-bond donors (Lipinski definition) is 4. The zero-order chi connectivity index (χ0) is 37.8. The van der Waals surface area contributed by atoms with E-state index in [-0.39, 0.29) is 35.0 Å². The summed E-state index contributed by atoms with van der Waals surface area (Å²) in [6.45, 7) is 11.9. The van der Waals surface area contributed by atoms with E-state index in [4.69, 9.17) is 9.82 Å². The molecule has 2 aromatic carbocycles. The van der Waals surface area contributed by atoms with E-state index in [1.807, 2.05) is 27.0 Å². The van der Waals surface area contributed by atoms with Crippen LogP contribution in [0.4, 0.5) is 5.69 Å². The Morgan fingerprint density at radius 1 is 1.02 bits per heavy atom. The highest BCUT2D eigenvalue weighted by molar-refractivity contribution is 7.18. The van der Waals surface area contributed by atoms with E-state index >= 15 is 0 Å². The van der Waals surface area contributed by atoms with Crippen LogP contribution in [-0.2, 0) is 32.2 Å². The van der Waals surface area contributed by atoms with Crippen LogP contribution in [0.2, 0.25) is 0 Å². The van der Waals surface area contributed by atoms with Crippen LogP contribution in [0.5, 0.6) is 0 Å². The van der Waals surface area contributed by atoms with E-state index in [0.717, 1.165) is 72.5 Å². The predicted octanol–water partition coefficient (Wildman–Crippen LogP) is 6.61. The van der Waals surface area contributed by atoms with Gasteiger partial charge in [-0.3, -0.25) is 19.7 Å². The van der Waals surface area contributed by atoms with Crippen LogP contribution in [0.3, 0.4) is 0 Å². The lowest BCUT2D eigenvalue weighted by Crippen LogP contribution is -2.47. The standard InChI is InChI=1S/C42H51N7O4S/c1-26-23-29(8-9-30(26)25-44-39(52)37-47-41(53-48-37)42(2,3)4)33-16-19-43-40-34(33)24-32(54-40)7-5-6-20-49-21-17-28(18-22-49)27-10-12-31(13-11-27)45-35-14-15-36(50)46-38(35)51/h8-13,16,19,23-24,28,35,41,45H,5-7,14-15,17-18,20-22,25H2,1-4H3,(H,44,52)(H,47,48)(H,46,50,51). The van der Waals surface area contributed by atoms with E-state index < -0.39 is 6.23 Å². The molecule has 54 heavy (non-hydrogen) atoms. The molecule has 2 atom stereocenters. The topological polar surface area (TPSA) is 137 Å². The number of amidine groups is 1. The van der Waals surface area contributed by atoms with Crippen molar-refractivity contribution in [3.63, 3.8) is 0 Å². The number of hydrogen-bond acceptors (Lipinski definition) is 10. The van der Waals surface area contributed by atoms with E-state index in [9.17, 15) is 14.4 Å². The van der Waals surface area contributed by atoms with Gasteiger partial charge in [-0.1, -0.05) is 51.1 Å². The van der Waals surface area contributed by atoms with Crippen LogP contribution in [0.25, 0.3) is 21.3 Å². The van der Waals surface area contributed by atoms with Crippen molar-refractivity contribution < 1.29 is 19.2 Å². The second kappa shape index (κ2) is 16.4. The predicted molar refractivity (Wildman–Crippen MR) is 214 cm³/mol. The Morgan fingerprint density at radius 2 is 1.81 bits per heavy atom. The van der Waals surface area contributed by atoms with Crippen molar-refractivity contribution in [3.05, 3.63) is 82.4 Å². The largest absolute Gasteiger partial charge is 0.374 e. The van der Waals surface area contributed by atoms with Gasteiger partial charge in [0.1, 0.15) is 10.9 Å². The van der Waals surface area contributed by atoms with Crippen LogP contribution in [0.15, 0.2) is 65.8 Å². The minimum atomic E-state index is -0.402. The van der Waals surface area contributed by atoms with Gasteiger partial charge in [0.2, 0.25) is 17.6 Å². The first-order chi connectivity index (χ1) is 26.0. The Labute approximate surface area is 321 Å². The Kier molecular flexibility index (Phi) is 11.4. The van der Waals surface area contributed by atoms with Gasteiger partial charge in [0.25, 0.3) is 5.91 Å². The van der Waals surface area contributed by atoms with Crippen LogP contribution >= 0.6 is 11.3 Å². The molecule has 3 amide bonds. The number of nitrogens with one attached hydrogen (secondary N) is 4. The average Bonchev–Trinajstić information content (AvgIpc) is 3.83. The molecule has 3 aliphatic heterocycles. The fourth-order valence-electron chi connectivity index (χ4n) is 7.45. The number of thiophene rings is 1. The molecule has 7 rings (SSSR count). The monoisotopic (exact) mass is 749 g/mol. The molecule has 11 nitrogen and oxygen atoms in total. The first kappa shape index (κ1) is 37.7. The molecule has 0 saturated carbocycles. The van der Waals surface area contributed by atoms with Gasteiger partial charge < -0.3 is 15.5 Å². The normalized spacial score (nSPS) is 19.7. The number of carbonyl (C=O) groups is 3. The number of pyridine rings is 1. The van der Waals surface area contributed by atoms with E-state index in [0.29, 0.717) is 25.3 Å². The maximum atomic E-state index is 12.7. The Hall–Kier alpha value is -4.65. The van der Waals surface area contributed by atoms with Crippen molar-refractivity contribution in [1.82, 2.24) is 26.0 Å². The Morgan fingerprint density at radius 3 is 2.54 bits per heavy atom. The Bertz CT molecular complexity index is 2030. The average molecular weight is 750 g/mol. The highest BCUT2D eigenvalue weighted by Crippen LogP contribution is 2.35. The quantitative estimate of drug-likeness (QED) is 0.0939. The van der Waals surface area contributed by atoms with Gasteiger partial charge in [-0.15, -0.1) is 11.3 Å². The highest BCUT2D eigenvalue weighted by atomic mass is 32.1. The smallest absolute Gasteiger partial charge is 0.288 e. The van der Waals surface area contributed by atoms with E-state index in [2.05, 4.69) is 92.8 Å². The number of benzene rings is 2. The number of amides is 3. The molecule has 0 bridgehead atoms. The number of aliphatic imine (C=N–C) groups is 1. The summed E-state index contributed by atoms with van der Waals surface area (Å²) in [5, 5.41) is 9.85. The van der Waals surface area contributed by atoms with Crippen molar-refractivity contribution in [2.75, 3.05) is 25.0 Å². The third-order valence-corrected chi connectivity index (χ3v) is 11.8. The van der Waals surface area contributed by atoms with Gasteiger partial charge in [-0.25, -0.2) is 20.3 Å². The van der Waals surface area contributed by atoms with Crippen molar-refractivity contribution in [1.29, 1.82) is 0 Å². The number of anilines is 1. The minimum Gasteiger partial charge on any atom is -0.374 e. The fraction of sp³-hybridized carbons (Fsp3) is 0.452. The number of carbonyl (C=O) groups excluding carboxylic acids is 3. The second-order valence-electron chi connectivity index (χ2n) is 15.9. The van der Waals surface area contributed by atoms with Gasteiger partial charge in [-0.05, 0) is 123 Å². The summed E-state index contributed by atoms with van der Waals surface area (Å²) in [6, 6.07) is 19.0. The first-order valence-electron chi connectivity index (χ1n) is 19.2. The zero-order valence-corrected chi connectivity index (χ0v) is 32.5. The molecule has 0 aliphatic carbocycles. The number of piperidine rings is 2. The number of aromatic nitrogens is 1. The van der Waals surface area contributed by atoms with Gasteiger partial charge in [-0.2, -0.15) is 0 Å². The lowest BCUT2D eigenvalue weighted by Gasteiger charge is -2.32. The van der Waals surface area contributed by atoms with E-state index in [1.54, 1.807) is 11.3 Å². The summed E-state index contributed by atoms with van der Waals surface area (Å²) >= 11 is 1.80. The second-order valence-corrected chi connectivity index (χ2v) is 17.0. The number of imide groups is 1. The lowest BCUT2D eigenvalue weighted by molar-refractivity contribution is -0.133. The maximum Gasteiger partial charge on any atom is 0.288 e. The van der Waals surface area contributed by atoms with Crippen LogP contribution in [-0.4, -0.2) is 65.3 Å². The number of rotatable bonds is 12. The molecule has 4 aromatic rings. The number of likely N-dealkylation sites (tertiary alicyclic amines) is 1. The summed E-state index contributed by atoms with van der Waals surface area (Å²) in [7, 11) is 0. The molecule has 4 N–H and O–H groups in total. The van der Waals surface area contributed by atoms with Gasteiger partial charge in [0, 0.05) is 40.5 Å². The number of hydroxylamine groups is 1. The summed E-state index contributed by atoms with van der Waals surface area (Å²) < 4.78 is 0. The number of aryl methyl sites for hydroxylation is 2. The molecule has 2 fully saturated rings.